The molecule has 3 nitrogen and oxygen atoms in total. The molecule has 0 spiro atoms. The van der Waals surface area contributed by atoms with Crippen LogP contribution in [0.4, 0.5) is 0 Å². The lowest BCUT2D eigenvalue weighted by Crippen LogP contribution is -2.26. The minimum atomic E-state index is 0.117. The van der Waals surface area contributed by atoms with Gasteiger partial charge in [0.25, 0.3) is 0 Å². The number of likely N-dealkylation sites (N-methyl/N-ethyl adjacent to an activating group) is 1. The van der Waals surface area contributed by atoms with Crippen molar-refractivity contribution in [3.8, 4) is 0 Å². The molecular weight excluding hydrogens is 305 g/mol. The molecule has 114 valence electrons. The average Bonchev–Trinajstić information content (AvgIpc) is 2.80. The summed E-state index contributed by atoms with van der Waals surface area (Å²) in [5, 5.41) is 9.36. The van der Waals surface area contributed by atoms with Crippen molar-refractivity contribution in [2.45, 2.75) is 39.3 Å². The lowest BCUT2D eigenvalue weighted by Gasteiger charge is -2.22. The fourth-order valence-electron chi connectivity index (χ4n) is 2.50. The predicted molar refractivity (Wildman–Crippen MR) is 89.2 cm³/mol. The van der Waals surface area contributed by atoms with Gasteiger partial charge in [0.2, 0.25) is 0 Å². The highest BCUT2D eigenvalue weighted by atomic mass is 35.5. The highest BCUT2D eigenvalue weighted by Crippen LogP contribution is 2.28. The van der Waals surface area contributed by atoms with E-state index >= 15 is 0 Å². The van der Waals surface area contributed by atoms with Crippen LogP contribution in [0.1, 0.15) is 44.1 Å². The number of aromatic nitrogens is 2. The third kappa shape index (κ3) is 4.00. The van der Waals surface area contributed by atoms with E-state index in [4.69, 9.17) is 23.2 Å². The van der Waals surface area contributed by atoms with Crippen molar-refractivity contribution in [3.63, 3.8) is 0 Å². The standard InChI is InChI=1S/C16H21Cl2N3/c1-4-19-15(9-12-6-5-7-13(17)8-12)16-14(18)10-20-21(16)11(2)3/h5-8,10-11,15,19H,4,9H2,1-3H3. The molecule has 1 unspecified atom stereocenters. The Bertz CT molecular complexity index is 593. The highest BCUT2D eigenvalue weighted by molar-refractivity contribution is 6.31. The molecule has 0 aliphatic heterocycles. The minimum Gasteiger partial charge on any atom is -0.309 e. The van der Waals surface area contributed by atoms with E-state index in [1.165, 1.54) is 5.56 Å². The van der Waals surface area contributed by atoms with Gasteiger partial charge < -0.3 is 5.32 Å². The summed E-state index contributed by atoms with van der Waals surface area (Å²) in [7, 11) is 0. The summed E-state index contributed by atoms with van der Waals surface area (Å²) >= 11 is 12.4. The fraction of sp³-hybridized carbons (Fsp3) is 0.438. The van der Waals surface area contributed by atoms with Crippen LogP contribution in [0.3, 0.4) is 0 Å². The van der Waals surface area contributed by atoms with Gasteiger partial charge in [-0.3, -0.25) is 4.68 Å². The lowest BCUT2D eigenvalue weighted by molar-refractivity contribution is 0.448. The van der Waals surface area contributed by atoms with E-state index in [0.29, 0.717) is 5.02 Å². The van der Waals surface area contributed by atoms with Crippen LogP contribution in [0.5, 0.6) is 0 Å². The quantitative estimate of drug-likeness (QED) is 0.836. The summed E-state index contributed by atoms with van der Waals surface area (Å²) in [5.41, 5.74) is 2.22. The van der Waals surface area contributed by atoms with Crippen LogP contribution in [-0.2, 0) is 6.42 Å². The molecule has 5 heteroatoms. The SMILES string of the molecule is CCNC(Cc1cccc(Cl)c1)c1c(Cl)cnn1C(C)C. The predicted octanol–water partition coefficient (Wildman–Crippen LogP) is 4.66. The summed E-state index contributed by atoms with van der Waals surface area (Å²) in [6.45, 7) is 7.17. The van der Waals surface area contributed by atoms with E-state index in [1.807, 2.05) is 22.9 Å². The second-order valence-electron chi connectivity index (χ2n) is 5.36. The monoisotopic (exact) mass is 325 g/mol. The van der Waals surface area contributed by atoms with Gasteiger partial charge in [0.1, 0.15) is 0 Å². The van der Waals surface area contributed by atoms with Crippen molar-refractivity contribution < 1.29 is 0 Å². The van der Waals surface area contributed by atoms with Gasteiger partial charge in [-0.2, -0.15) is 5.10 Å². The summed E-state index contributed by atoms with van der Waals surface area (Å²) in [6.07, 6.45) is 2.55. The Morgan fingerprint density at radius 3 is 2.67 bits per heavy atom. The molecule has 1 heterocycles. The van der Waals surface area contributed by atoms with Crippen LogP contribution in [0, 0.1) is 0 Å². The topological polar surface area (TPSA) is 29.9 Å². The van der Waals surface area contributed by atoms with Crippen molar-refractivity contribution in [2.75, 3.05) is 6.54 Å². The summed E-state index contributed by atoms with van der Waals surface area (Å²) in [5.74, 6) is 0. The van der Waals surface area contributed by atoms with Crippen LogP contribution < -0.4 is 5.32 Å². The molecule has 21 heavy (non-hydrogen) atoms. The van der Waals surface area contributed by atoms with Crippen molar-refractivity contribution in [1.29, 1.82) is 0 Å². The molecule has 0 aliphatic rings. The summed E-state index contributed by atoms with van der Waals surface area (Å²) in [4.78, 5) is 0. The molecule has 2 aromatic rings. The first kappa shape index (κ1) is 16.3. The first-order chi connectivity index (χ1) is 10.0. The van der Waals surface area contributed by atoms with Gasteiger partial charge in [0.05, 0.1) is 23.0 Å². The molecule has 1 aromatic carbocycles. The molecule has 1 N–H and O–H groups in total. The second-order valence-corrected chi connectivity index (χ2v) is 6.20. The Balaban J connectivity index is 2.33. The maximum Gasteiger partial charge on any atom is 0.0834 e. The van der Waals surface area contributed by atoms with Crippen LogP contribution in [0.25, 0.3) is 0 Å². The maximum absolute atomic E-state index is 6.37. The minimum absolute atomic E-state index is 0.117. The molecule has 0 amide bonds. The van der Waals surface area contributed by atoms with E-state index in [1.54, 1.807) is 6.20 Å². The van der Waals surface area contributed by atoms with E-state index in [-0.39, 0.29) is 12.1 Å². The number of halogens is 2. The Hall–Kier alpha value is -1.03. The first-order valence-corrected chi connectivity index (χ1v) is 7.99. The number of nitrogens with zero attached hydrogens (tertiary/aromatic N) is 2. The molecule has 0 bridgehead atoms. The second kappa shape index (κ2) is 7.30. The van der Waals surface area contributed by atoms with Crippen molar-refractivity contribution in [2.24, 2.45) is 0 Å². The van der Waals surface area contributed by atoms with Gasteiger partial charge in [-0.15, -0.1) is 0 Å². The number of benzene rings is 1. The molecule has 0 aliphatic carbocycles. The number of hydrogen-bond donors (Lipinski definition) is 1. The first-order valence-electron chi connectivity index (χ1n) is 7.23. The molecule has 1 aromatic heterocycles. The number of rotatable bonds is 6. The Labute approximate surface area is 136 Å². The zero-order valence-corrected chi connectivity index (χ0v) is 14.1. The summed E-state index contributed by atoms with van der Waals surface area (Å²) < 4.78 is 1.99. The van der Waals surface area contributed by atoms with Gasteiger partial charge in [-0.1, -0.05) is 42.3 Å². The molecule has 2 rings (SSSR count). The number of nitrogens with one attached hydrogen (secondary N) is 1. The van der Waals surface area contributed by atoms with Gasteiger partial charge >= 0.3 is 0 Å². The molecule has 0 fully saturated rings. The maximum atomic E-state index is 6.37. The molecule has 0 radical (unpaired) electrons. The third-order valence-electron chi connectivity index (χ3n) is 3.39. The van der Waals surface area contributed by atoms with Crippen LogP contribution in [0.2, 0.25) is 10.0 Å². The van der Waals surface area contributed by atoms with Crippen LogP contribution in [-0.4, -0.2) is 16.3 Å². The summed E-state index contributed by atoms with van der Waals surface area (Å²) in [6, 6.07) is 8.33. The molecule has 0 saturated heterocycles. The largest absolute Gasteiger partial charge is 0.309 e. The van der Waals surface area contributed by atoms with Gasteiger partial charge in [-0.05, 0) is 44.5 Å². The van der Waals surface area contributed by atoms with E-state index < -0.39 is 0 Å². The van der Waals surface area contributed by atoms with Crippen LogP contribution in [0.15, 0.2) is 30.5 Å². The van der Waals surface area contributed by atoms with Gasteiger partial charge in [0, 0.05) is 11.1 Å². The number of hydrogen-bond acceptors (Lipinski definition) is 2. The van der Waals surface area contributed by atoms with E-state index in [0.717, 1.165) is 23.7 Å². The zero-order valence-electron chi connectivity index (χ0n) is 12.6. The lowest BCUT2D eigenvalue weighted by atomic mass is 10.0. The smallest absolute Gasteiger partial charge is 0.0834 e. The Kier molecular flexibility index (Phi) is 5.68. The van der Waals surface area contributed by atoms with Crippen molar-refractivity contribution in [3.05, 3.63) is 51.8 Å². The van der Waals surface area contributed by atoms with E-state index in [2.05, 4.69) is 37.3 Å². The fourth-order valence-corrected chi connectivity index (χ4v) is 2.97. The Morgan fingerprint density at radius 2 is 2.05 bits per heavy atom. The van der Waals surface area contributed by atoms with Gasteiger partial charge in [-0.25, -0.2) is 0 Å². The molecular formula is C16H21Cl2N3. The normalized spacial score (nSPS) is 12.9. The van der Waals surface area contributed by atoms with Crippen LogP contribution >= 0.6 is 23.2 Å². The highest BCUT2D eigenvalue weighted by Gasteiger charge is 2.21. The van der Waals surface area contributed by atoms with Crippen molar-refractivity contribution in [1.82, 2.24) is 15.1 Å². The van der Waals surface area contributed by atoms with Crippen molar-refractivity contribution >= 4 is 23.2 Å². The molecule has 1 atom stereocenters. The average molecular weight is 326 g/mol. The Morgan fingerprint density at radius 1 is 1.29 bits per heavy atom. The third-order valence-corrected chi connectivity index (χ3v) is 3.91. The molecule has 0 saturated carbocycles. The van der Waals surface area contributed by atoms with E-state index in [9.17, 15) is 0 Å². The zero-order chi connectivity index (χ0) is 15.4. The van der Waals surface area contributed by atoms with Gasteiger partial charge in [0.15, 0.2) is 0 Å².